The fourth-order valence-corrected chi connectivity index (χ4v) is 3.10. The highest BCUT2D eigenvalue weighted by Gasteiger charge is 2.11. The number of fused-ring (bicyclic) bond motifs is 1. The van der Waals surface area contributed by atoms with Gasteiger partial charge in [-0.05, 0) is 43.3 Å². The Kier molecular flexibility index (Phi) is 3.53. The Morgan fingerprint density at radius 3 is 2.86 bits per heavy atom. The Hall–Kier alpha value is -2.11. The van der Waals surface area contributed by atoms with Gasteiger partial charge in [0.25, 0.3) is 5.91 Å². The van der Waals surface area contributed by atoms with Crippen LogP contribution in [0.1, 0.15) is 15.4 Å². The first-order valence-corrected chi connectivity index (χ1v) is 7.46. The number of hydrogen-bond donors (Lipinski definition) is 2. The molecule has 2 aromatic carbocycles. The van der Waals surface area contributed by atoms with Crippen LogP contribution in [-0.4, -0.2) is 10.9 Å². The summed E-state index contributed by atoms with van der Waals surface area (Å²) in [6.07, 6.45) is 0. The quantitative estimate of drug-likeness (QED) is 0.699. The van der Waals surface area contributed by atoms with Gasteiger partial charge in [0, 0.05) is 16.4 Å². The van der Waals surface area contributed by atoms with Crippen LogP contribution in [0.25, 0.3) is 10.2 Å². The van der Waals surface area contributed by atoms with E-state index in [1.54, 1.807) is 29.5 Å². The number of aryl methyl sites for hydroxylation is 1. The average Bonchev–Trinajstić information content (AvgIpc) is 2.77. The summed E-state index contributed by atoms with van der Waals surface area (Å²) in [7, 11) is 0. The van der Waals surface area contributed by atoms with E-state index in [2.05, 4.69) is 10.3 Å². The zero-order chi connectivity index (χ0) is 15.0. The van der Waals surface area contributed by atoms with Crippen LogP contribution < -0.4 is 11.1 Å². The number of nitrogens with zero attached hydrogens (tertiary/aromatic N) is 1. The molecular weight excluding hydrogens is 306 g/mol. The van der Waals surface area contributed by atoms with Crippen molar-refractivity contribution < 1.29 is 4.79 Å². The molecule has 0 aliphatic rings. The second-order valence-electron chi connectivity index (χ2n) is 4.60. The largest absolute Gasteiger partial charge is 0.398 e. The maximum atomic E-state index is 12.2. The third-order valence-electron chi connectivity index (χ3n) is 3.01. The molecule has 4 nitrogen and oxygen atoms in total. The first-order valence-electron chi connectivity index (χ1n) is 6.26. The monoisotopic (exact) mass is 317 g/mol. The van der Waals surface area contributed by atoms with Crippen molar-refractivity contribution >= 4 is 50.4 Å². The molecule has 0 unspecified atom stereocenters. The van der Waals surface area contributed by atoms with Gasteiger partial charge in [0.2, 0.25) is 0 Å². The molecule has 0 saturated carbocycles. The molecule has 0 spiro atoms. The van der Waals surface area contributed by atoms with Crippen molar-refractivity contribution in [2.24, 2.45) is 0 Å². The van der Waals surface area contributed by atoms with Gasteiger partial charge in [-0.25, -0.2) is 4.98 Å². The van der Waals surface area contributed by atoms with Crippen molar-refractivity contribution in [1.29, 1.82) is 0 Å². The average molecular weight is 318 g/mol. The van der Waals surface area contributed by atoms with Gasteiger partial charge in [0.15, 0.2) is 0 Å². The number of aromatic nitrogens is 1. The van der Waals surface area contributed by atoms with Gasteiger partial charge in [-0.2, -0.15) is 0 Å². The van der Waals surface area contributed by atoms with Crippen LogP contribution in [-0.2, 0) is 0 Å². The van der Waals surface area contributed by atoms with Gasteiger partial charge in [-0.1, -0.05) is 11.6 Å². The molecular formula is C15H12ClN3OS. The molecule has 3 rings (SSSR count). The van der Waals surface area contributed by atoms with Gasteiger partial charge in [0.1, 0.15) is 0 Å². The minimum Gasteiger partial charge on any atom is -0.398 e. The van der Waals surface area contributed by atoms with Crippen LogP contribution in [0.5, 0.6) is 0 Å². The highest BCUT2D eigenvalue weighted by Crippen LogP contribution is 2.25. The van der Waals surface area contributed by atoms with E-state index in [-0.39, 0.29) is 5.91 Å². The number of nitrogen functional groups attached to an aromatic ring is 1. The lowest BCUT2D eigenvalue weighted by atomic mass is 10.1. The number of benzene rings is 2. The normalized spacial score (nSPS) is 10.8. The molecule has 0 bridgehead atoms. The van der Waals surface area contributed by atoms with Crippen molar-refractivity contribution in [3.05, 3.63) is 52.0 Å². The highest BCUT2D eigenvalue weighted by molar-refractivity contribution is 7.18. The first kappa shape index (κ1) is 13.9. The Bertz CT molecular complexity index is 844. The van der Waals surface area contributed by atoms with Gasteiger partial charge in [-0.15, -0.1) is 11.3 Å². The number of hydrogen-bond acceptors (Lipinski definition) is 4. The van der Waals surface area contributed by atoms with Crippen LogP contribution in [0.15, 0.2) is 36.4 Å². The standard InChI is InChI=1S/C15H12ClN3OS/c1-8-18-13-5-3-10(7-14(13)21-8)19-15(20)11-4-2-9(16)6-12(11)17/h2-7H,17H2,1H3,(H,19,20). The van der Waals surface area contributed by atoms with Gasteiger partial charge in [-0.3, -0.25) is 4.79 Å². The molecule has 0 saturated heterocycles. The minimum absolute atomic E-state index is 0.259. The molecule has 0 atom stereocenters. The molecule has 3 N–H and O–H groups in total. The number of halogens is 1. The lowest BCUT2D eigenvalue weighted by Crippen LogP contribution is -2.13. The summed E-state index contributed by atoms with van der Waals surface area (Å²) in [5.41, 5.74) is 8.22. The zero-order valence-corrected chi connectivity index (χ0v) is 12.8. The molecule has 3 aromatic rings. The number of amides is 1. The van der Waals surface area contributed by atoms with Crippen molar-refractivity contribution in [2.45, 2.75) is 6.92 Å². The number of nitrogens with one attached hydrogen (secondary N) is 1. The summed E-state index contributed by atoms with van der Waals surface area (Å²) < 4.78 is 1.04. The van der Waals surface area contributed by atoms with Crippen molar-refractivity contribution in [3.63, 3.8) is 0 Å². The molecule has 1 heterocycles. The Morgan fingerprint density at radius 2 is 2.10 bits per heavy atom. The number of thiazole rings is 1. The number of nitrogens with two attached hydrogens (primary N) is 1. The lowest BCUT2D eigenvalue weighted by molar-refractivity contribution is 0.102. The number of carbonyl (C=O) groups excluding carboxylic acids is 1. The first-order chi connectivity index (χ1) is 10.0. The van der Waals surface area contributed by atoms with E-state index in [9.17, 15) is 4.79 Å². The van der Waals surface area contributed by atoms with E-state index in [4.69, 9.17) is 17.3 Å². The Balaban J connectivity index is 1.88. The van der Waals surface area contributed by atoms with Crippen LogP contribution in [0, 0.1) is 6.92 Å². The van der Waals surface area contributed by atoms with Gasteiger partial charge in [0.05, 0.1) is 20.8 Å². The van der Waals surface area contributed by atoms with E-state index >= 15 is 0 Å². The van der Waals surface area contributed by atoms with Crippen molar-refractivity contribution in [1.82, 2.24) is 4.98 Å². The third kappa shape index (κ3) is 2.84. The van der Waals surface area contributed by atoms with Crippen molar-refractivity contribution in [3.8, 4) is 0 Å². The summed E-state index contributed by atoms with van der Waals surface area (Å²) in [6.45, 7) is 1.96. The van der Waals surface area contributed by atoms with E-state index in [0.29, 0.717) is 22.0 Å². The summed E-state index contributed by atoms with van der Waals surface area (Å²) in [5.74, 6) is -0.259. The van der Waals surface area contributed by atoms with E-state index in [1.165, 1.54) is 0 Å². The molecule has 0 fully saturated rings. The van der Waals surface area contributed by atoms with Gasteiger partial charge < -0.3 is 11.1 Å². The van der Waals surface area contributed by atoms with E-state index in [1.807, 2.05) is 25.1 Å². The van der Waals surface area contributed by atoms with E-state index in [0.717, 1.165) is 15.2 Å². The van der Waals surface area contributed by atoms with Crippen molar-refractivity contribution in [2.75, 3.05) is 11.1 Å². The predicted octanol–water partition coefficient (Wildman–Crippen LogP) is 4.09. The SMILES string of the molecule is Cc1nc2ccc(NC(=O)c3ccc(Cl)cc3N)cc2s1. The fraction of sp³-hybridized carbons (Fsp3) is 0.0667. The second kappa shape index (κ2) is 5.35. The second-order valence-corrected chi connectivity index (χ2v) is 6.27. The highest BCUT2D eigenvalue weighted by atomic mass is 35.5. The predicted molar refractivity (Wildman–Crippen MR) is 88.2 cm³/mol. The van der Waals surface area contributed by atoms with Crippen LogP contribution in [0.2, 0.25) is 5.02 Å². The minimum atomic E-state index is -0.259. The molecule has 6 heteroatoms. The molecule has 21 heavy (non-hydrogen) atoms. The summed E-state index contributed by atoms with van der Waals surface area (Å²) in [4.78, 5) is 16.6. The maximum absolute atomic E-state index is 12.2. The third-order valence-corrected chi connectivity index (χ3v) is 4.18. The molecule has 1 aromatic heterocycles. The Morgan fingerprint density at radius 1 is 1.29 bits per heavy atom. The topological polar surface area (TPSA) is 68.0 Å². The van der Waals surface area contributed by atoms with Crippen LogP contribution >= 0.6 is 22.9 Å². The summed E-state index contributed by atoms with van der Waals surface area (Å²) in [5, 5.41) is 4.34. The molecule has 0 radical (unpaired) electrons. The summed E-state index contributed by atoms with van der Waals surface area (Å²) in [6, 6.07) is 10.4. The smallest absolute Gasteiger partial charge is 0.257 e. The molecule has 0 aliphatic carbocycles. The molecule has 106 valence electrons. The lowest BCUT2D eigenvalue weighted by Gasteiger charge is -2.07. The number of anilines is 2. The van der Waals surface area contributed by atoms with Crippen LogP contribution in [0.4, 0.5) is 11.4 Å². The Labute approximate surface area is 130 Å². The van der Waals surface area contributed by atoms with E-state index < -0.39 is 0 Å². The molecule has 0 aliphatic heterocycles. The van der Waals surface area contributed by atoms with Crippen LogP contribution in [0.3, 0.4) is 0 Å². The summed E-state index contributed by atoms with van der Waals surface area (Å²) >= 11 is 7.42. The number of carbonyl (C=O) groups is 1. The maximum Gasteiger partial charge on any atom is 0.257 e. The number of rotatable bonds is 2. The van der Waals surface area contributed by atoms with Gasteiger partial charge >= 0.3 is 0 Å². The fourth-order valence-electron chi connectivity index (χ4n) is 2.06. The zero-order valence-electron chi connectivity index (χ0n) is 11.2. The molecule has 1 amide bonds.